The number of rotatable bonds is 7. The van der Waals surface area contributed by atoms with E-state index in [4.69, 9.17) is 17.3 Å². The lowest BCUT2D eigenvalue weighted by atomic mass is 10.1. The van der Waals surface area contributed by atoms with Crippen LogP contribution >= 0.6 is 23.4 Å². The number of nitrogens with two attached hydrogens (primary N) is 1. The number of carbonyl (C=O) groups excluding carboxylic acids is 2. The van der Waals surface area contributed by atoms with Crippen LogP contribution in [0.3, 0.4) is 0 Å². The second-order valence-corrected chi connectivity index (χ2v) is 7.28. The first-order chi connectivity index (χ1) is 12.7. The fraction of sp³-hybridized carbons (Fsp3) is 0.222. The highest BCUT2D eigenvalue weighted by Crippen LogP contribution is 2.31. The molecule has 2 N–H and O–H groups in total. The van der Waals surface area contributed by atoms with E-state index in [-0.39, 0.29) is 29.0 Å². The van der Waals surface area contributed by atoms with Crippen LogP contribution in [-0.2, 0) is 4.79 Å². The Kier molecular flexibility index (Phi) is 6.81. The fourth-order valence-corrected chi connectivity index (χ4v) is 3.41. The van der Waals surface area contributed by atoms with Crippen molar-refractivity contribution in [2.75, 3.05) is 12.8 Å². The summed E-state index contributed by atoms with van der Waals surface area (Å²) in [6, 6.07) is 11.0. The summed E-state index contributed by atoms with van der Waals surface area (Å²) in [5, 5.41) is 11.8. The number of nitro benzene ring substituents is 1. The van der Waals surface area contributed by atoms with E-state index in [1.54, 1.807) is 24.1 Å². The van der Waals surface area contributed by atoms with Gasteiger partial charge in [-0.15, -0.1) is 11.8 Å². The van der Waals surface area contributed by atoms with Crippen molar-refractivity contribution in [1.82, 2.24) is 4.90 Å². The van der Waals surface area contributed by atoms with Crippen molar-refractivity contribution in [3.05, 3.63) is 68.7 Å². The van der Waals surface area contributed by atoms with E-state index in [0.29, 0.717) is 9.92 Å². The third-order valence-electron chi connectivity index (χ3n) is 4.12. The summed E-state index contributed by atoms with van der Waals surface area (Å²) in [4.78, 5) is 36.2. The van der Waals surface area contributed by atoms with Gasteiger partial charge in [0.1, 0.15) is 0 Å². The molecule has 2 amide bonds. The summed E-state index contributed by atoms with van der Waals surface area (Å²) >= 11 is 6.92. The standard InChI is InChI=1S/C18H18ClN3O4S/c1-11(12-3-6-14(19)7-4-12)21(2)17(23)10-27-16-8-5-13(18(20)24)9-15(16)22(25)26/h3-9,11H,10H2,1-2H3,(H2,20,24). The van der Waals surface area contributed by atoms with Gasteiger partial charge in [-0.25, -0.2) is 0 Å². The molecule has 27 heavy (non-hydrogen) atoms. The third kappa shape index (κ3) is 5.21. The van der Waals surface area contributed by atoms with Crippen molar-refractivity contribution in [3.63, 3.8) is 0 Å². The number of primary amides is 1. The smallest absolute Gasteiger partial charge is 0.283 e. The van der Waals surface area contributed by atoms with Crippen LogP contribution < -0.4 is 5.73 Å². The summed E-state index contributed by atoms with van der Waals surface area (Å²) in [5.74, 6) is -0.913. The van der Waals surface area contributed by atoms with Gasteiger partial charge in [0.2, 0.25) is 11.8 Å². The Labute approximate surface area is 165 Å². The Morgan fingerprint density at radius 3 is 2.44 bits per heavy atom. The Bertz CT molecular complexity index is 873. The van der Waals surface area contributed by atoms with Gasteiger partial charge in [-0.1, -0.05) is 23.7 Å². The van der Waals surface area contributed by atoms with Crippen LogP contribution in [-0.4, -0.2) is 34.4 Å². The van der Waals surface area contributed by atoms with Crippen LogP contribution in [0.2, 0.25) is 5.02 Å². The van der Waals surface area contributed by atoms with Crippen molar-refractivity contribution < 1.29 is 14.5 Å². The zero-order chi connectivity index (χ0) is 20.1. The van der Waals surface area contributed by atoms with E-state index in [1.165, 1.54) is 12.1 Å². The minimum absolute atomic E-state index is 0.0190. The van der Waals surface area contributed by atoms with Gasteiger partial charge in [-0.3, -0.25) is 19.7 Å². The molecule has 9 heteroatoms. The molecule has 0 aliphatic rings. The quantitative estimate of drug-likeness (QED) is 0.428. The summed E-state index contributed by atoms with van der Waals surface area (Å²) in [6.07, 6.45) is 0. The molecule has 0 saturated carbocycles. The maximum Gasteiger partial charge on any atom is 0.283 e. The zero-order valence-corrected chi connectivity index (χ0v) is 16.3. The van der Waals surface area contributed by atoms with Crippen LogP contribution in [0.4, 0.5) is 5.69 Å². The van der Waals surface area contributed by atoms with Crippen LogP contribution in [0.5, 0.6) is 0 Å². The monoisotopic (exact) mass is 407 g/mol. The van der Waals surface area contributed by atoms with Gasteiger partial charge in [0.05, 0.1) is 21.6 Å². The maximum absolute atomic E-state index is 12.5. The molecule has 0 aromatic heterocycles. The number of benzene rings is 2. The number of amides is 2. The normalized spacial score (nSPS) is 11.7. The number of carbonyl (C=O) groups is 2. The van der Waals surface area contributed by atoms with Crippen LogP contribution in [0.15, 0.2) is 47.4 Å². The van der Waals surface area contributed by atoms with Crippen molar-refractivity contribution in [2.24, 2.45) is 5.73 Å². The van der Waals surface area contributed by atoms with Gasteiger partial charge in [-0.05, 0) is 36.8 Å². The lowest BCUT2D eigenvalue weighted by Crippen LogP contribution is -2.31. The van der Waals surface area contributed by atoms with E-state index in [1.807, 2.05) is 19.1 Å². The van der Waals surface area contributed by atoms with E-state index in [0.717, 1.165) is 23.4 Å². The molecule has 142 valence electrons. The number of hydrogen-bond donors (Lipinski definition) is 1. The molecule has 0 aliphatic heterocycles. The Hall–Kier alpha value is -2.58. The number of nitrogens with zero attached hydrogens (tertiary/aromatic N) is 2. The Balaban J connectivity index is 2.09. The van der Waals surface area contributed by atoms with E-state index >= 15 is 0 Å². The minimum Gasteiger partial charge on any atom is -0.366 e. The average Bonchev–Trinajstić information content (AvgIpc) is 2.65. The fourth-order valence-electron chi connectivity index (χ4n) is 2.36. The minimum atomic E-state index is -0.748. The predicted molar refractivity (Wildman–Crippen MR) is 105 cm³/mol. The first kappa shape index (κ1) is 20.7. The summed E-state index contributed by atoms with van der Waals surface area (Å²) < 4.78 is 0. The number of halogens is 1. The molecule has 1 atom stereocenters. The number of hydrogen-bond acceptors (Lipinski definition) is 5. The Morgan fingerprint density at radius 2 is 1.89 bits per heavy atom. The zero-order valence-electron chi connectivity index (χ0n) is 14.7. The number of thioether (sulfide) groups is 1. The van der Waals surface area contributed by atoms with Crippen molar-refractivity contribution in [3.8, 4) is 0 Å². The van der Waals surface area contributed by atoms with E-state index < -0.39 is 10.8 Å². The van der Waals surface area contributed by atoms with Gasteiger partial charge >= 0.3 is 0 Å². The van der Waals surface area contributed by atoms with Crippen molar-refractivity contribution in [1.29, 1.82) is 0 Å². The second kappa shape index (κ2) is 8.88. The Morgan fingerprint density at radius 1 is 1.26 bits per heavy atom. The lowest BCUT2D eigenvalue weighted by Gasteiger charge is -2.25. The highest BCUT2D eigenvalue weighted by atomic mass is 35.5. The average molecular weight is 408 g/mol. The van der Waals surface area contributed by atoms with Gasteiger partial charge in [-0.2, -0.15) is 0 Å². The predicted octanol–water partition coefficient (Wildman–Crippen LogP) is 3.66. The molecule has 2 aromatic rings. The molecule has 0 fully saturated rings. The molecule has 7 nitrogen and oxygen atoms in total. The molecule has 2 rings (SSSR count). The lowest BCUT2D eigenvalue weighted by molar-refractivity contribution is -0.387. The summed E-state index contributed by atoms with van der Waals surface area (Å²) in [6.45, 7) is 1.88. The first-order valence-electron chi connectivity index (χ1n) is 7.93. The number of nitro groups is 1. The molecule has 1 unspecified atom stereocenters. The van der Waals surface area contributed by atoms with E-state index in [9.17, 15) is 19.7 Å². The van der Waals surface area contributed by atoms with Gasteiger partial charge < -0.3 is 10.6 Å². The molecule has 0 saturated heterocycles. The molecule has 0 spiro atoms. The topological polar surface area (TPSA) is 107 Å². The van der Waals surface area contributed by atoms with Gasteiger partial charge in [0.25, 0.3) is 5.69 Å². The second-order valence-electron chi connectivity index (χ2n) is 5.82. The largest absolute Gasteiger partial charge is 0.366 e. The third-order valence-corrected chi connectivity index (χ3v) is 5.42. The first-order valence-corrected chi connectivity index (χ1v) is 9.29. The van der Waals surface area contributed by atoms with Gasteiger partial charge in [0, 0.05) is 23.7 Å². The highest BCUT2D eigenvalue weighted by molar-refractivity contribution is 8.00. The van der Waals surface area contributed by atoms with Crippen LogP contribution in [0.25, 0.3) is 0 Å². The van der Waals surface area contributed by atoms with Gasteiger partial charge in [0.15, 0.2) is 0 Å². The molecule has 0 radical (unpaired) electrons. The molecule has 0 bridgehead atoms. The van der Waals surface area contributed by atoms with E-state index in [2.05, 4.69) is 0 Å². The summed E-state index contributed by atoms with van der Waals surface area (Å²) in [5.41, 5.74) is 5.88. The molecular weight excluding hydrogens is 390 g/mol. The SMILES string of the molecule is CC(c1ccc(Cl)cc1)N(C)C(=O)CSc1ccc(C(N)=O)cc1[N+](=O)[O-]. The van der Waals surface area contributed by atoms with Crippen LogP contribution in [0, 0.1) is 10.1 Å². The summed E-state index contributed by atoms with van der Waals surface area (Å²) in [7, 11) is 1.67. The molecule has 2 aromatic carbocycles. The molecule has 0 aliphatic carbocycles. The maximum atomic E-state index is 12.5. The van der Waals surface area contributed by atoms with Crippen molar-refractivity contribution >= 4 is 40.9 Å². The highest BCUT2D eigenvalue weighted by Gasteiger charge is 2.21. The van der Waals surface area contributed by atoms with Crippen molar-refractivity contribution in [2.45, 2.75) is 17.9 Å². The molecular formula is C18H18ClN3O4S. The molecule has 0 heterocycles. The van der Waals surface area contributed by atoms with Crippen LogP contribution in [0.1, 0.15) is 28.9 Å².